The summed E-state index contributed by atoms with van der Waals surface area (Å²) in [6.45, 7) is 2.32. The Morgan fingerprint density at radius 1 is 1.40 bits per heavy atom. The molecule has 0 saturated heterocycles. The number of nitrogens with zero attached hydrogens (tertiary/aromatic N) is 1. The first kappa shape index (κ1) is 15.5. The van der Waals surface area contributed by atoms with Crippen LogP contribution in [0.25, 0.3) is 10.3 Å². The highest BCUT2D eigenvalue weighted by atomic mass is 79.9. The van der Waals surface area contributed by atoms with E-state index in [0.717, 1.165) is 4.47 Å². The molecule has 110 valence electrons. The third kappa shape index (κ3) is 3.60. The van der Waals surface area contributed by atoms with Crippen molar-refractivity contribution in [2.75, 3.05) is 45.4 Å². The lowest BCUT2D eigenvalue weighted by Gasteiger charge is -2.17. The summed E-state index contributed by atoms with van der Waals surface area (Å²) in [7, 11) is 3.50. The normalized spacial score (nSPS) is 11.2. The second kappa shape index (κ2) is 7.21. The molecule has 0 bridgehead atoms. The summed E-state index contributed by atoms with van der Waals surface area (Å²) < 4.78 is 17.5. The van der Waals surface area contributed by atoms with Gasteiger partial charge in [0.05, 0.1) is 24.3 Å². The standard InChI is InChI=1S/C13H16BrNO4S/c1-15(3-4-18-6-5-17-2)11-7-10(16)13-12(19-11)9(14)8-20-13/h7-8H,3-6H2,1-2H3. The minimum absolute atomic E-state index is 0.0240. The molecule has 0 aliphatic heterocycles. The third-order valence-electron chi connectivity index (χ3n) is 2.77. The van der Waals surface area contributed by atoms with Gasteiger partial charge in [0.15, 0.2) is 11.5 Å². The van der Waals surface area contributed by atoms with E-state index >= 15 is 0 Å². The van der Waals surface area contributed by atoms with Gasteiger partial charge < -0.3 is 18.8 Å². The maximum absolute atomic E-state index is 12.0. The number of hydrogen-bond acceptors (Lipinski definition) is 6. The van der Waals surface area contributed by atoms with Crippen molar-refractivity contribution < 1.29 is 13.9 Å². The number of anilines is 1. The number of rotatable bonds is 7. The van der Waals surface area contributed by atoms with Crippen LogP contribution in [0.3, 0.4) is 0 Å². The van der Waals surface area contributed by atoms with Crippen LogP contribution in [0.15, 0.2) is 25.1 Å². The molecule has 0 unspecified atom stereocenters. The number of halogens is 1. The molecule has 0 aliphatic rings. The van der Waals surface area contributed by atoms with Crippen LogP contribution in [-0.4, -0.2) is 40.5 Å². The molecule has 5 nitrogen and oxygen atoms in total. The molecule has 0 spiro atoms. The molecule has 0 fully saturated rings. The summed E-state index contributed by atoms with van der Waals surface area (Å²) in [5.74, 6) is 0.539. The van der Waals surface area contributed by atoms with Gasteiger partial charge in [-0.05, 0) is 15.9 Å². The predicted octanol–water partition coefficient (Wildman–Crippen LogP) is 2.72. The van der Waals surface area contributed by atoms with Crippen molar-refractivity contribution >= 4 is 43.4 Å². The molecule has 2 aromatic heterocycles. The van der Waals surface area contributed by atoms with Crippen molar-refractivity contribution in [3.63, 3.8) is 0 Å². The first-order chi connectivity index (χ1) is 9.63. The number of ether oxygens (including phenoxy) is 2. The quantitative estimate of drug-likeness (QED) is 0.709. The predicted molar refractivity (Wildman–Crippen MR) is 84.0 cm³/mol. The van der Waals surface area contributed by atoms with Crippen LogP contribution >= 0.6 is 27.3 Å². The van der Waals surface area contributed by atoms with Gasteiger partial charge in [0, 0.05) is 32.1 Å². The van der Waals surface area contributed by atoms with E-state index in [-0.39, 0.29) is 5.43 Å². The lowest BCUT2D eigenvalue weighted by molar-refractivity contribution is 0.0741. The lowest BCUT2D eigenvalue weighted by Crippen LogP contribution is -2.24. The Labute approximate surface area is 129 Å². The molecule has 20 heavy (non-hydrogen) atoms. The van der Waals surface area contributed by atoms with E-state index in [2.05, 4.69) is 15.9 Å². The highest BCUT2D eigenvalue weighted by Crippen LogP contribution is 2.30. The molecule has 0 aliphatic carbocycles. The zero-order valence-electron chi connectivity index (χ0n) is 11.3. The lowest BCUT2D eigenvalue weighted by atomic mass is 10.4. The van der Waals surface area contributed by atoms with Crippen molar-refractivity contribution in [2.45, 2.75) is 0 Å². The highest BCUT2D eigenvalue weighted by molar-refractivity contribution is 9.10. The summed E-state index contributed by atoms with van der Waals surface area (Å²) >= 11 is 4.76. The van der Waals surface area contributed by atoms with Crippen molar-refractivity contribution in [2.24, 2.45) is 0 Å². The molecule has 0 saturated carbocycles. The SMILES string of the molecule is COCCOCCN(C)c1cc(=O)c2scc(Br)c2o1. The second-order valence-corrected chi connectivity index (χ2v) is 5.95. The summed E-state index contributed by atoms with van der Waals surface area (Å²) in [5, 5.41) is 1.85. The van der Waals surface area contributed by atoms with E-state index in [1.54, 1.807) is 7.11 Å². The summed E-state index contributed by atoms with van der Waals surface area (Å²) in [6.07, 6.45) is 0. The number of fused-ring (bicyclic) bond motifs is 1. The van der Waals surface area contributed by atoms with E-state index in [1.807, 2.05) is 17.3 Å². The molecule has 0 radical (unpaired) electrons. The Bertz CT molecular complexity index is 624. The van der Waals surface area contributed by atoms with Gasteiger partial charge in [-0.15, -0.1) is 11.3 Å². The zero-order chi connectivity index (χ0) is 14.5. The van der Waals surface area contributed by atoms with Gasteiger partial charge in [-0.2, -0.15) is 0 Å². The van der Waals surface area contributed by atoms with E-state index in [9.17, 15) is 4.79 Å². The average molecular weight is 362 g/mol. The van der Waals surface area contributed by atoms with E-state index < -0.39 is 0 Å². The molecule has 0 N–H and O–H groups in total. The van der Waals surface area contributed by atoms with Gasteiger partial charge in [0.1, 0.15) is 4.70 Å². The van der Waals surface area contributed by atoms with Gasteiger partial charge in [-0.25, -0.2) is 0 Å². The molecule has 2 heterocycles. The molecular formula is C13H16BrNO4S. The monoisotopic (exact) mass is 361 g/mol. The number of hydrogen-bond donors (Lipinski definition) is 0. The van der Waals surface area contributed by atoms with Crippen LogP contribution in [0.5, 0.6) is 0 Å². The van der Waals surface area contributed by atoms with Crippen molar-refractivity contribution in [1.82, 2.24) is 0 Å². The second-order valence-electron chi connectivity index (χ2n) is 4.22. The first-order valence-corrected chi connectivity index (χ1v) is 7.79. The van der Waals surface area contributed by atoms with Gasteiger partial charge in [0.25, 0.3) is 0 Å². The third-order valence-corrected chi connectivity index (χ3v) is 4.64. The van der Waals surface area contributed by atoms with Gasteiger partial charge in [-0.3, -0.25) is 4.79 Å². The fourth-order valence-corrected chi connectivity index (χ4v) is 3.10. The number of methoxy groups -OCH3 is 1. The molecule has 2 aromatic rings. The number of thiophene rings is 1. The molecule has 0 aromatic carbocycles. The van der Waals surface area contributed by atoms with Crippen LogP contribution in [0, 0.1) is 0 Å². The van der Waals surface area contributed by atoms with Gasteiger partial charge in [-0.1, -0.05) is 0 Å². The largest absolute Gasteiger partial charge is 0.438 e. The zero-order valence-corrected chi connectivity index (χ0v) is 13.8. The summed E-state index contributed by atoms with van der Waals surface area (Å²) in [5.41, 5.74) is 0.578. The average Bonchev–Trinajstić information content (AvgIpc) is 2.81. The van der Waals surface area contributed by atoms with Crippen LogP contribution < -0.4 is 10.3 Å². The van der Waals surface area contributed by atoms with Crippen LogP contribution in [-0.2, 0) is 9.47 Å². The highest BCUT2D eigenvalue weighted by Gasteiger charge is 2.12. The summed E-state index contributed by atoms with van der Waals surface area (Å²) in [4.78, 5) is 13.8. The van der Waals surface area contributed by atoms with Gasteiger partial charge in [0.2, 0.25) is 5.43 Å². The van der Waals surface area contributed by atoms with Crippen LogP contribution in [0.4, 0.5) is 5.88 Å². The van der Waals surface area contributed by atoms with E-state index in [1.165, 1.54) is 17.4 Å². The fourth-order valence-electron chi connectivity index (χ4n) is 1.65. The Hall–Kier alpha value is -0.890. The van der Waals surface area contributed by atoms with Crippen LogP contribution in [0.2, 0.25) is 0 Å². The Kier molecular flexibility index (Phi) is 5.59. The van der Waals surface area contributed by atoms with E-state index in [4.69, 9.17) is 13.9 Å². The molecule has 0 atom stereocenters. The fraction of sp³-hybridized carbons (Fsp3) is 0.462. The number of likely N-dealkylation sites (N-methyl/N-ethyl adjacent to an activating group) is 1. The van der Waals surface area contributed by atoms with Crippen molar-refractivity contribution in [3.05, 3.63) is 26.1 Å². The molecule has 7 heteroatoms. The van der Waals surface area contributed by atoms with Crippen molar-refractivity contribution in [1.29, 1.82) is 0 Å². The summed E-state index contributed by atoms with van der Waals surface area (Å²) in [6, 6.07) is 1.51. The van der Waals surface area contributed by atoms with Crippen LogP contribution in [0.1, 0.15) is 0 Å². The van der Waals surface area contributed by atoms with E-state index in [0.29, 0.717) is 42.5 Å². The first-order valence-electron chi connectivity index (χ1n) is 6.12. The molecule has 2 rings (SSSR count). The molecule has 0 amide bonds. The topological polar surface area (TPSA) is 51.9 Å². The smallest absolute Gasteiger partial charge is 0.204 e. The minimum Gasteiger partial charge on any atom is -0.438 e. The molecular weight excluding hydrogens is 346 g/mol. The maximum atomic E-state index is 12.0. The maximum Gasteiger partial charge on any atom is 0.204 e. The van der Waals surface area contributed by atoms with Gasteiger partial charge >= 0.3 is 0 Å². The minimum atomic E-state index is -0.0240. The Morgan fingerprint density at radius 3 is 2.95 bits per heavy atom. The Balaban J connectivity index is 2.04. The Morgan fingerprint density at radius 2 is 2.20 bits per heavy atom. The van der Waals surface area contributed by atoms with Crippen molar-refractivity contribution in [3.8, 4) is 0 Å².